The third-order valence-corrected chi connectivity index (χ3v) is 4.04. The van der Waals surface area contributed by atoms with Gasteiger partial charge in [-0.15, -0.1) is 0 Å². The number of rotatable bonds is 3. The predicted octanol–water partition coefficient (Wildman–Crippen LogP) is 3.74. The average molecular weight is 289 g/mol. The number of hydrogen-bond acceptors (Lipinski definition) is 3. The lowest BCUT2D eigenvalue weighted by atomic mass is 9.97. The van der Waals surface area contributed by atoms with Crippen molar-refractivity contribution in [3.63, 3.8) is 0 Å². The van der Waals surface area contributed by atoms with Gasteiger partial charge in [0.15, 0.2) is 5.82 Å². The van der Waals surface area contributed by atoms with E-state index in [0.29, 0.717) is 11.0 Å². The second kappa shape index (κ2) is 5.90. The molecule has 0 saturated heterocycles. The van der Waals surface area contributed by atoms with Crippen LogP contribution in [0.1, 0.15) is 41.6 Å². The highest BCUT2D eigenvalue weighted by molar-refractivity contribution is 6.30. The Kier molecular flexibility index (Phi) is 3.99. The van der Waals surface area contributed by atoms with Crippen molar-refractivity contribution in [2.45, 2.75) is 31.8 Å². The van der Waals surface area contributed by atoms with Crippen molar-refractivity contribution in [3.8, 4) is 0 Å². The summed E-state index contributed by atoms with van der Waals surface area (Å²) in [6.45, 7) is 0. The van der Waals surface area contributed by atoms with Crippen LogP contribution in [0.15, 0.2) is 30.3 Å². The number of aromatic nitrogens is 2. The molecule has 1 aliphatic rings. The van der Waals surface area contributed by atoms with E-state index < -0.39 is 0 Å². The van der Waals surface area contributed by atoms with Crippen molar-refractivity contribution in [3.05, 3.63) is 58.1 Å². The van der Waals surface area contributed by atoms with Crippen LogP contribution in [-0.4, -0.2) is 17.1 Å². The topological polar surface area (TPSA) is 35.0 Å². The SMILES string of the molecule is COC(c1ccccc1)c1nc(Cl)c2c(n1)CCCC2. The molecule has 1 aromatic heterocycles. The largest absolute Gasteiger partial charge is 0.369 e. The van der Waals surface area contributed by atoms with Gasteiger partial charge in [0.25, 0.3) is 0 Å². The van der Waals surface area contributed by atoms with E-state index in [2.05, 4.69) is 4.98 Å². The molecule has 2 aromatic rings. The minimum atomic E-state index is -0.263. The number of hydrogen-bond donors (Lipinski definition) is 0. The molecule has 1 heterocycles. The van der Waals surface area contributed by atoms with E-state index in [-0.39, 0.29) is 6.10 Å². The Morgan fingerprint density at radius 2 is 1.85 bits per heavy atom. The maximum absolute atomic E-state index is 6.33. The lowest BCUT2D eigenvalue weighted by Crippen LogP contribution is -2.14. The van der Waals surface area contributed by atoms with E-state index in [0.717, 1.165) is 29.7 Å². The second-order valence-corrected chi connectivity index (χ2v) is 5.39. The van der Waals surface area contributed by atoms with Crippen molar-refractivity contribution in [1.82, 2.24) is 9.97 Å². The maximum atomic E-state index is 6.33. The molecule has 0 aliphatic heterocycles. The monoisotopic (exact) mass is 288 g/mol. The highest BCUT2D eigenvalue weighted by Gasteiger charge is 2.22. The van der Waals surface area contributed by atoms with Crippen molar-refractivity contribution in [2.24, 2.45) is 0 Å². The van der Waals surface area contributed by atoms with E-state index in [1.54, 1.807) is 7.11 Å². The summed E-state index contributed by atoms with van der Waals surface area (Å²) >= 11 is 6.33. The summed E-state index contributed by atoms with van der Waals surface area (Å²) in [5.74, 6) is 0.657. The van der Waals surface area contributed by atoms with Crippen LogP contribution in [0, 0.1) is 0 Å². The molecule has 4 heteroatoms. The van der Waals surface area contributed by atoms with Gasteiger partial charge in [0.1, 0.15) is 11.3 Å². The summed E-state index contributed by atoms with van der Waals surface area (Å²) in [4.78, 5) is 9.16. The summed E-state index contributed by atoms with van der Waals surface area (Å²) in [5.41, 5.74) is 3.25. The quantitative estimate of drug-likeness (QED) is 0.807. The van der Waals surface area contributed by atoms with Crippen LogP contribution in [0.2, 0.25) is 5.15 Å². The Morgan fingerprint density at radius 3 is 2.60 bits per heavy atom. The van der Waals surface area contributed by atoms with Crippen LogP contribution in [0.4, 0.5) is 0 Å². The normalized spacial score (nSPS) is 15.7. The first-order valence-corrected chi connectivity index (χ1v) is 7.30. The van der Waals surface area contributed by atoms with E-state index in [9.17, 15) is 0 Å². The Morgan fingerprint density at radius 1 is 1.10 bits per heavy atom. The molecule has 0 saturated carbocycles. The van der Waals surface area contributed by atoms with Crippen LogP contribution >= 0.6 is 11.6 Å². The minimum absolute atomic E-state index is 0.263. The molecule has 0 spiro atoms. The molecule has 20 heavy (non-hydrogen) atoms. The Labute approximate surface area is 124 Å². The Bertz CT molecular complexity index is 601. The molecule has 0 N–H and O–H groups in total. The van der Waals surface area contributed by atoms with Crippen molar-refractivity contribution in [2.75, 3.05) is 7.11 Å². The van der Waals surface area contributed by atoms with E-state index in [1.165, 1.54) is 12.8 Å². The van der Waals surface area contributed by atoms with Crippen molar-refractivity contribution in [1.29, 1.82) is 0 Å². The fraction of sp³-hybridized carbons (Fsp3) is 0.375. The van der Waals surface area contributed by atoms with Gasteiger partial charge in [-0.2, -0.15) is 0 Å². The van der Waals surface area contributed by atoms with Gasteiger partial charge in [0.2, 0.25) is 0 Å². The zero-order chi connectivity index (χ0) is 13.9. The van der Waals surface area contributed by atoms with Crippen LogP contribution in [0.25, 0.3) is 0 Å². The number of halogens is 1. The van der Waals surface area contributed by atoms with E-state index in [1.807, 2.05) is 30.3 Å². The Balaban J connectivity index is 2.02. The molecule has 0 radical (unpaired) electrons. The van der Waals surface area contributed by atoms with Crippen LogP contribution in [-0.2, 0) is 17.6 Å². The molecule has 0 fully saturated rings. The van der Waals surface area contributed by atoms with E-state index in [4.69, 9.17) is 21.3 Å². The lowest BCUT2D eigenvalue weighted by Gasteiger charge is -2.20. The van der Waals surface area contributed by atoms with Crippen LogP contribution in [0.3, 0.4) is 0 Å². The summed E-state index contributed by atoms with van der Waals surface area (Å²) in [7, 11) is 1.67. The third kappa shape index (κ3) is 2.56. The number of benzene rings is 1. The van der Waals surface area contributed by atoms with Gasteiger partial charge in [-0.25, -0.2) is 9.97 Å². The number of nitrogens with zero attached hydrogens (tertiary/aromatic N) is 2. The van der Waals surface area contributed by atoms with Gasteiger partial charge in [0.05, 0.1) is 0 Å². The first-order valence-electron chi connectivity index (χ1n) is 6.92. The smallest absolute Gasteiger partial charge is 0.163 e. The van der Waals surface area contributed by atoms with Crippen LogP contribution < -0.4 is 0 Å². The van der Waals surface area contributed by atoms with Gasteiger partial charge in [0, 0.05) is 18.4 Å². The third-order valence-electron chi connectivity index (χ3n) is 3.72. The van der Waals surface area contributed by atoms with Gasteiger partial charge in [-0.1, -0.05) is 41.9 Å². The first kappa shape index (κ1) is 13.5. The predicted molar refractivity (Wildman–Crippen MR) is 79.0 cm³/mol. The summed E-state index contributed by atoms with van der Waals surface area (Å²) < 4.78 is 5.58. The van der Waals surface area contributed by atoms with Gasteiger partial charge in [-0.3, -0.25) is 0 Å². The molecule has 3 nitrogen and oxygen atoms in total. The minimum Gasteiger partial charge on any atom is -0.369 e. The summed E-state index contributed by atoms with van der Waals surface area (Å²) in [6, 6.07) is 10.00. The lowest BCUT2D eigenvalue weighted by molar-refractivity contribution is 0.128. The standard InChI is InChI=1S/C16H17ClN2O/c1-20-14(11-7-3-2-4-8-11)16-18-13-10-6-5-9-12(13)15(17)19-16/h2-4,7-8,14H,5-6,9-10H2,1H3. The van der Waals surface area contributed by atoms with Gasteiger partial charge < -0.3 is 4.74 Å². The fourth-order valence-electron chi connectivity index (χ4n) is 2.70. The molecule has 0 amide bonds. The van der Waals surface area contributed by atoms with Gasteiger partial charge >= 0.3 is 0 Å². The van der Waals surface area contributed by atoms with Gasteiger partial charge in [-0.05, 0) is 31.2 Å². The Hall–Kier alpha value is -1.45. The second-order valence-electron chi connectivity index (χ2n) is 5.03. The zero-order valence-electron chi connectivity index (χ0n) is 11.5. The van der Waals surface area contributed by atoms with Crippen molar-refractivity contribution >= 4 is 11.6 Å². The summed E-state index contributed by atoms with van der Waals surface area (Å²) in [6.07, 6.45) is 4.04. The molecular weight excluding hydrogens is 272 g/mol. The molecule has 104 valence electrons. The average Bonchev–Trinajstić information content (AvgIpc) is 2.49. The molecule has 1 unspecified atom stereocenters. The van der Waals surface area contributed by atoms with Crippen molar-refractivity contribution < 1.29 is 4.74 Å². The van der Waals surface area contributed by atoms with E-state index >= 15 is 0 Å². The molecule has 3 rings (SSSR count). The van der Waals surface area contributed by atoms with Crippen LogP contribution in [0.5, 0.6) is 0 Å². The fourth-order valence-corrected chi connectivity index (χ4v) is 2.99. The number of fused-ring (bicyclic) bond motifs is 1. The highest BCUT2D eigenvalue weighted by Crippen LogP contribution is 2.29. The molecule has 1 aromatic carbocycles. The molecule has 1 aliphatic carbocycles. The first-order chi connectivity index (χ1) is 9.79. The number of aryl methyl sites for hydroxylation is 1. The number of ether oxygens (including phenoxy) is 1. The molecular formula is C16H17ClN2O. The molecule has 0 bridgehead atoms. The molecule has 1 atom stereocenters. The summed E-state index contributed by atoms with van der Waals surface area (Å²) in [5, 5.41) is 0.586. The maximum Gasteiger partial charge on any atom is 0.163 e. The number of methoxy groups -OCH3 is 1. The zero-order valence-corrected chi connectivity index (χ0v) is 12.2. The highest BCUT2D eigenvalue weighted by atomic mass is 35.5.